The van der Waals surface area contributed by atoms with Crippen molar-refractivity contribution in [2.75, 3.05) is 18.6 Å². The predicted octanol–water partition coefficient (Wildman–Crippen LogP) is 6.38. The summed E-state index contributed by atoms with van der Waals surface area (Å²) in [5.41, 5.74) is 0.487. The van der Waals surface area contributed by atoms with E-state index in [4.69, 9.17) is 4.74 Å². The summed E-state index contributed by atoms with van der Waals surface area (Å²) < 4.78 is 5.73. The Morgan fingerprint density at radius 3 is 2.33 bits per heavy atom. The van der Waals surface area contributed by atoms with Crippen LogP contribution < -0.4 is 0 Å². The third kappa shape index (κ3) is 2.64. The number of fused-ring (bicyclic) bond motifs is 4. The lowest BCUT2D eigenvalue weighted by molar-refractivity contribution is -0.177. The summed E-state index contributed by atoms with van der Waals surface area (Å²) in [6.45, 7) is 9.78. The molecule has 4 heteroatoms. The molecule has 4 aliphatic rings. The Bertz CT molecular complexity index is 601. The van der Waals surface area contributed by atoms with Crippen LogP contribution in [-0.2, 0) is 9.53 Å². The predicted molar refractivity (Wildman–Crippen MR) is 117 cm³/mol. The number of rotatable bonds is 2. The van der Waals surface area contributed by atoms with Crippen LogP contribution in [0.3, 0.4) is 0 Å². The van der Waals surface area contributed by atoms with E-state index < -0.39 is 0 Å². The Morgan fingerprint density at radius 2 is 1.70 bits per heavy atom. The average Bonchev–Trinajstić information content (AvgIpc) is 3.15. The van der Waals surface area contributed by atoms with E-state index in [9.17, 15) is 4.79 Å². The van der Waals surface area contributed by atoms with Gasteiger partial charge in [0.05, 0.1) is 16.6 Å². The summed E-state index contributed by atoms with van der Waals surface area (Å²) in [6.07, 6.45) is 10.1. The molecule has 1 saturated heterocycles. The van der Waals surface area contributed by atoms with Crippen molar-refractivity contribution < 1.29 is 9.53 Å². The van der Waals surface area contributed by atoms with Crippen molar-refractivity contribution in [3.8, 4) is 0 Å². The molecule has 0 bridgehead atoms. The molecule has 0 radical (unpaired) electrons. The van der Waals surface area contributed by atoms with Gasteiger partial charge in [0.15, 0.2) is 0 Å². The first-order chi connectivity index (χ1) is 12.8. The van der Waals surface area contributed by atoms with Crippen molar-refractivity contribution in [3.05, 3.63) is 0 Å². The Balaban J connectivity index is 1.72. The van der Waals surface area contributed by atoms with Gasteiger partial charge in [-0.05, 0) is 80.5 Å². The third-order valence-electron chi connectivity index (χ3n) is 9.56. The number of hydrogen-bond donors (Lipinski definition) is 0. The summed E-state index contributed by atoms with van der Waals surface area (Å²) in [5, 5.41) is 0. The Morgan fingerprint density at radius 1 is 1.00 bits per heavy atom. The number of thioether (sulfide) groups is 2. The van der Waals surface area contributed by atoms with Crippen LogP contribution in [0.25, 0.3) is 0 Å². The molecule has 154 valence electrons. The van der Waals surface area contributed by atoms with E-state index in [0.717, 1.165) is 18.3 Å². The maximum atomic E-state index is 12.8. The number of esters is 1. The van der Waals surface area contributed by atoms with Crippen LogP contribution >= 0.6 is 23.5 Å². The molecule has 0 unspecified atom stereocenters. The van der Waals surface area contributed by atoms with E-state index in [1.165, 1.54) is 56.5 Å². The zero-order valence-corrected chi connectivity index (χ0v) is 19.6. The molecule has 1 aliphatic heterocycles. The van der Waals surface area contributed by atoms with Crippen molar-refractivity contribution in [3.63, 3.8) is 0 Å². The minimum atomic E-state index is -0.276. The summed E-state index contributed by atoms with van der Waals surface area (Å²) in [5.74, 6) is 4.78. The molecule has 1 spiro atoms. The molecule has 0 N–H and O–H groups in total. The maximum Gasteiger partial charge on any atom is 0.311 e. The molecule has 0 aromatic carbocycles. The van der Waals surface area contributed by atoms with E-state index in [0.29, 0.717) is 20.8 Å². The summed E-state index contributed by atoms with van der Waals surface area (Å²) in [4.78, 5) is 12.8. The molecule has 27 heavy (non-hydrogen) atoms. The summed E-state index contributed by atoms with van der Waals surface area (Å²) in [7, 11) is 1.58. The van der Waals surface area contributed by atoms with Crippen LogP contribution in [0.4, 0.5) is 0 Å². The van der Waals surface area contributed by atoms with E-state index >= 15 is 0 Å². The first-order valence-electron chi connectivity index (χ1n) is 11.1. The van der Waals surface area contributed by atoms with Gasteiger partial charge in [-0.2, -0.15) is 0 Å². The second-order valence-corrected chi connectivity index (χ2v) is 13.4. The van der Waals surface area contributed by atoms with Crippen LogP contribution in [0.15, 0.2) is 0 Å². The van der Waals surface area contributed by atoms with Gasteiger partial charge in [0.1, 0.15) is 0 Å². The third-order valence-corrected chi connectivity index (χ3v) is 13.8. The van der Waals surface area contributed by atoms with Crippen molar-refractivity contribution >= 4 is 29.5 Å². The highest BCUT2D eigenvalue weighted by Crippen LogP contribution is 2.73. The molecule has 4 rings (SSSR count). The van der Waals surface area contributed by atoms with Gasteiger partial charge in [-0.15, -0.1) is 23.5 Å². The largest absolute Gasteiger partial charge is 0.469 e. The molecule has 4 fully saturated rings. The Kier molecular flexibility index (Phi) is 5.19. The number of carbonyl (C=O) groups excluding carboxylic acids is 1. The van der Waals surface area contributed by atoms with E-state index in [1.54, 1.807) is 7.11 Å². The Hall–Kier alpha value is 0.170. The first-order valence-corrected chi connectivity index (χ1v) is 13.1. The number of hydrogen-bond acceptors (Lipinski definition) is 4. The van der Waals surface area contributed by atoms with Gasteiger partial charge in [-0.25, -0.2) is 0 Å². The van der Waals surface area contributed by atoms with Crippen LogP contribution in [0.1, 0.15) is 79.1 Å². The normalized spacial score (nSPS) is 48.7. The fraction of sp³-hybridized carbons (Fsp3) is 0.957. The molecule has 1 heterocycles. The highest BCUT2D eigenvalue weighted by Gasteiger charge is 2.67. The smallest absolute Gasteiger partial charge is 0.311 e. The second kappa shape index (κ2) is 6.86. The van der Waals surface area contributed by atoms with Crippen LogP contribution in [-0.4, -0.2) is 28.7 Å². The van der Waals surface area contributed by atoms with E-state index in [2.05, 4.69) is 51.2 Å². The van der Waals surface area contributed by atoms with Crippen LogP contribution in [0.5, 0.6) is 0 Å². The molecule has 2 nitrogen and oxygen atoms in total. The molecule has 0 aromatic rings. The minimum Gasteiger partial charge on any atom is -0.469 e. The zero-order valence-electron chi connectivity index (χ0n) is 17.9. The lowest BCUT2D eigenvalue weighted by atomic mass is 9.42. The fourth-order valence-corrected chi connectivity index (χ4v) is 12.3. The Labute approximate surface area is 174 Å². The quantitative estimate of drug-likeness (QED) is 0.493. The van der Waals surface area contributed by atoms with Crippen molar-refractivity contribution in [1.29, 1.82) is 0 Å². The molecule has 0 amide bonds. The van der Waals surface area contributed by atoms with Gasteiger partial charge in [-0.1, -0.05) is 27.2 Å². The number of ether oxygens (including phenoxy) is 1. The maximum absolute atomic E-state index is 12.8. The fourth-order valence-electron chi connectivity index (χ4n) is 7.98. The van der Waals surface area contributed by atoms with Gasteiger partial charge in [0.25, 0.3) is 0 Å². The van der Waals surface area contributed by atoms with Crippen molar-refractivity contribution in [2.45, 2.75) is 83.1 Å². The van der Waals surface area contributed by atoms with Gasteiger partial charge in [0, 0.05) is 11.5 Å². The van der Waals surface area contributed by atoms with Gasteiger partial charge < -0.3 is 4.74 Å². The second-order valence-electron chi connectivity index (χ2n) is 10.4. The lowest BCUT2D eigenvalue weighted by Crippen LogP contribution is -2.62. The average molecular weight is 411 g/mol. The van der Waals surface area contributed by atoms with Gasteiger partial charge >= 0.3 is 5.97 Å². The molecule has 3 aliphatic carbocycles. The molecular weight excluding hydrogens is 372 g/mol. The highest BCUT2D eigenvalue weighted by atomic mass is 32.2. The van der Waals surface area contributed by atoms with Gasteiger partial charge in [0.2, 0.25) is 0 Å². The monoisotopic (exact) mass is 410 g/mol. The van der Waals surface area contributed by atoms with Crippen LogP contribution in [0, 0.1) is 34.0 Å². The standard InChI is InChI=1S/C23H38O2S2/c1-6-20(2)13-10-16-17(23(20)26-14-15-27-23)8-9-18-21(16,3)11-7-12-22(18,4)19(24)25-5/h16-18H,6-15H2,1-5H3/t16-,17-,18+,20+,21+,22+/m0/s1. The SMILES string of the molecule is CC[C@]1(C)CC[C@H]2[C@H](CC[C@@H]3[C@]2(C)CCC[C@@]3(C)C(=O)OC)C12SCCS2. The minimum absolute atomic E-state index is 0.0467. The van der Waals surface area contributed by atoms with Crippen molar-refractivity contribution in [2.24, 2.45) is 34.0 Å². The van der Waals surface area contributed by atoms with E-state index in [-0.39, 0.29) is 11.4 Å². The number of methoxy groups -OCH3 is 1. The summed E-state index contributed by atoms with van der Waals surface area (Å²) in [6, 6.07) is 0. The van der Waals surface area contributed by atoms with E-state index in [1.807, 2.05) is 0 Å². The lowest BCUT2D eigenvalue weighted by Gasteiger charge is -2.66. The topological polar surface area (TPSA) is 26.3 Å². The number of carbonyl (C=O) groups is 1. The molecule has 3 saturated carbocycles. The first kappa shape index (κ1) is 20.4. The zero-order chi connectivity index (χ0) is 19.5. The van der Waals surface area contributed by atoms with Crippen molar-refractivity contribution in [1.82, 2.24) is 0 Å². The molecule has 6 atom stereocenters. The van der Waals surface area contributed by atoms with Gasteiger partial charge in [-0.3, -0.25) is 4.79 Å². The summed E-state index contributed by atoms with van der Waals surface area (Å²) >= 11 is 4.61. The molecule has 0 aromatic heterocycles. The highest BCUT2D eigenvalue weighted by molar-refractivity contribution is 8.21. The van der Waals surface area contributed by atoms with Crippen LogP contribution in [0.2, 0.25) is 0 Å². The molecular formula is C23H38O2S2.